The molecule has 1 saturated heterocycles. The highest BCUT2D eigenvalue weighted by molar-refractivity contribution is 5.78. The Bertz CT molecular complexity index is 650. The molecule has 0 aromatic carbocycles. The average molecular weight is 419 g/mol. The number of rotatable bonds is 3. The highest BCUT2D eigenvalue weighted by Crippen LogP contribution is 2.66. The van der Waals surface area contributed by atoms with Crippen molar-refractivity contribution in [3.05, 3.63) is 0 Å². The first-order valence-electron chi connectivity index (χ1n) is 12.7. The van der Waals surface area contributed by atoms with Crippen LogP contribution in [-0.2, 0) is 9.53 Å². The molecule has 0 bridgehead atoms. The lowest BCUT2D eigenvalue weighted by atomic mass is 9.45. The number of nitrogens with zero attached hydrogens (tertiary/aromatic N) is 1. The molecule has 0 unspecified atom stereocenters. The highest BCUT2D eigenvalue weighted by Gasteiger charge is 2.60. The third-order valence-corrected chi connectivity index (χ3v) is 10.4. The summed E-state index contributed by atoms with van der Waals surface area (Å²) in [7, 11) is 0. The maximum atomic E-state index is 12.8. The van der Waals surface area contributed by atoms with Crippen LogP contribution in [0.15, 0.2) is 0 Å². The Labute approximate surface area is 182 Å². The molecule has 8 atom stereocenters. The standard InChI is InChI=1S/C25H42N2O3/c1-24-9-7-18(28)15-17(24)3-4-19-20-5-6-22(25(20,2)10-8-21(19)24)26-23(29)16-27-11-13-30-14-12-27/h17-22,28H,3-16H2,1-2H3,(H,26,29)/t17-,18-,19-,20-,21-,22+,24-,25-/m0/s1. The Kier molecular flexibility index (Phi) is 5.69. The minimum absolute atomic E-state index is 0.0639. The average Bonchev–Trinajstić information content (AvgIpc) is 3.05. The first kappa shape index (κ1) is 21.2. The second-order valence-corrected chi connectivity index (χ2v) is 11.7. The molecule has 1 heterocycles. The van der Waals surface area contributed by atoms with E-state index in [2.05, 4.69) is 24.1 Å². The fraction of sp³-hybridized carbons (Fsp3) is 0.960. The lowest BCUT2D eigenvalue weighted by molar-refractivity contribution is -0.131. The second-order valence-electron chi connectivity index (χ2n) is 11.7. The van der Waals surface area contributed by atoms with E-state index in [4.69, 9.17) is 4.74 Å². The molecule has 0 aromatic rings. The Morgan fingerprint density at radius 3 is 2.53 bits per heavy atom. The third kappa shape index (κ3) is 3.53. The lowest BCUT2D eigenvalue weighted by Gasteiger charge is -2.61. The van der Waals surface area contributed by atoms with Crippen molar-refractivity contribution in [1.29, 1.82) is 0 Å². The fourth-order valence-electron chi connectivity index (χ4n) is 8.67. The van der Waals surface area contributed by atoms with E-state index in [9.17, 15) is 9.90 Å². The van der Waals surface area contributed by atoms with Crippen LogP contribution in [0.3, 0.4) is 0 Å². The Balaban J connectivity index is 1.25. The lowest BCUT2D eigenvalue weighted by Crippen LogP contribution is -2.56. The number of carbonyl (C=O) groups excluding carboxylic acids is 1. The van der Waals surface area contributed by atoms with Crippen LogP contribution in [0.2, 0.25) is 0 Å². The van der Waals surface area contributed by atoms with Gasteiger partial charge in [0.2, 0.25) is 5.91 Å². The first-order chi connectivity index (χ1) is 14.4. The third-order valence-electron chi connectivity index (χ3n) is 10.4. The number of hydrogen-bond acceptors (Lipinski definition) is 4. The van der Waals surface area contributed by atoms with Gasteiger partial charge in [-0.25, -0.2) is 0 Å². The van der Waals surface area contributed by atoms with E-state index in [1.54, 1.807) is 0 Å². The summed E-state index contributed by atoms with van der Waals surface area (Å²) in [6, 6.07) is 0.343. The zero-order chi connectivity index (χ0) is 20.9. The number of carbonyl (C=O) groups is 1. The zero-order valence-corrected chi connectivity index (χ0v) is 19.1. The summed E-state index contributed by atoms with van der Waals surface area (Å²) in [4.78, 5) is 15.0. The molecule has 5 aliphatic rings. The molecule has 5 nitrogen and oxygen atoms in total. The minimum Gasteiger partial charge on any atom is -0.393 e. The summed E-state index contributed by atoms with van der Waals surface area (Å²) in [5, 5.41) is 13.7. The molecule has 0 aromatic heterocycles. The van der Waals surface area contributed by atoms with E-state index in [-0.39, 0.29) is 17.4 Å². The fourth-order valence-corrected chi connectivity index (χ4v) is 8.67. The van der Waals surface area contributed by atoms with Crippen molar-refractivity contribution in [3.63, 3.8) is 0 Å². The van der Waals surface area contributed by atoms with Gasteiger partial charge in [-0.3, -0.25) is 9.69 Å². The van der Waals surface area contributed by atoms with Gasteiger partial charge in [0.05, 0.1) is 25.9 Å². The molecule has 5 fully saturated rings. The Morgan fingerprint density at radius 2 is 1.73 bits per heavy atom. The smallest absolute Gasteiger partial charge is 0.234 e. The number of amides is 1. The molecule has 5 rings (SSSR count). The van der Waals surface area contributed by atoms with Crippen molar-refractivity contribution in [2.24, 2.45) is 34.5 Å². The van der Waals surface area contributed by atoms with Crippen molar-refractivity contribution in [2.75, 3.05) is 32.8 Å². The summed E-state index contributed by atoms with van der Waals surface area (Å²) in [5.74, 6) is 3.33. The van der Waals surface area contributed by atoms with Gasteiger partial charge in [-0.05, 0) is 92.3 Å². The van der Waals surface area contributed by atoms with Crippen molar-refractivity contribution in [1.82, 2.24) is 10.2 Å². The maximum Gasteiger partial charge on any atom is 0.234 e. The van der Waals surface area contributed by atoms with E-state index in [1.165, 1.54) is 38.5 Å². The highest BCUT2D eigenvalue weighted by atomic mass is 16.5. The number of morpholine rings is 1. The van der Waals surface area contributed by atoms with Gasteiger partial charge in [0.25, 0.3) is 0 Å². The summed E-state index contributed by atoms with van der Waals surface area (Å²) in [6.07, 6.45) is 10.8. The number of fused-ring (bicyclic) bond motifs is 5. The molecular weight excluding hydrogens is 376 g/mol. The van der Waals surface area contributed by atoms with E-state index in [0.717, 1.165) is 69.2 Å². The summed E-state index contributed by atoms with van der Waals surface area (Å²) in [6.45, 7) is 8.80. The molecular formula is C25H42N2O3. The van der Waals surface area contributed by atoms with Crippen LogP contribution in [0.25, 0.3) is 0 Å². The van der Waals surface area contributed by atoms with Crippen molar-refractivity contribution in [2.45, 2.75) is 83.8 Å². The van der Waals surface area contributed by atoms with Crippen molar-refractivity contribution >= 4 is 5.91 Å². The molecule has 2 N–H and O–H groups in total. The predicted octanol–water partition coefficient (Wildman–Crippen LogP) is 3.21. The normalized spacial score (nSPS) is 49.0. The Hall–Kier alpha value is -0.650. The molecule has 5 heteroatoms. The monoisotopic (exact) mass is 418 g/mol. The summed E-state index contributed by atoms with van der Waals surface area (Å²) >= 11 is 0. The Morgan fingerprint density at radius 1 is 1.00 bits per heavy atom. The van der Waals surface area contributed by atoms with Crippen molar-refractivity contribution < 1.29 is 14.6 Å². The number of aliphatic hydroxyl groups excluding tert-OH is 1. The number of aliphatic hydroxyl groups is 1. The topological polar surface area (TPSA) is 61.8 Å². The van der Waals surface area contributed by atoms with Crippen LogP contribution in [0, 0.1) is 34.5 Å². The van der Waals surface area contributed by atoms with Crippen LogP contribution in [-0.4, -0.2) is 60.9 Å². The van der Waals surface area contributed by atoms with Gasteiger partial charge < -0.3 is 15.2 Å². The summed E-state index contributed by atoms with van der Waals surface area (Å²) < 4.78 is 5.42. The predicted molar refractivity (Wildman–Crippen MR) is 117 cm³/mol. The first-order valence-corrected chi connectivity index (χ1v) is 12.7. The quantitative estimate of drug-likeness (QED) is 0.739. The minimum atomic E-state index is -0.0639. The zero-order valence-electron chi connectivity index (χ0n) is 19.1. The van der Waals surface area contributed by atoms with Gasteiger partial charge in [-0.2, -0.15) is 0 Å². The largest absolute Gasteiger partial charge is 0.393 e. The van der Waals surface area contributed by atoms with Gasteiger partial charge in [-0.15, -0.1) is 0 Å². The molecule has 0 radical (unpaired) electrons. The van der Waals surface area contributed by atoms with Crippen LogP contribution in [0.1, 0.15) is 71.6 Å². The molecule has 30 heavy (non-hydrogen) atoms. The molecule has 0 spiro atoms. The van der Waals surface area contributed by atoms with E-state index in [1.807, 2.05) is 0 Å². The molecule has 1 aliphatic heterocycles. The second kappa shape index (κ2) is 8.04. The SMILES string of the molecule is C[C@]12CC[C@H](O)C[C@@H]1CC[C@@H]1[C@@H]2CC[C@]2(C)[C@H](NC(=O)CN3CCOCC3)CC[C@@H]12. The van der Waals surface area contributed by atoms with E-state index >= 15 is 0 Å². The van der Waals surface area contributed by atoms with Crippen LogP contribution in [0.5, 0.6) is 0 Å². The number of hydrogen-bond donors (Lipinski definition) is 2. The maximum absolute atomic E-state index is 12.8. The van der Waals surface area contributed by atoms with E-state index in [0.29, 0.717) is 18.0 Å². The van der Waals surface area contributed by atoms with Gasteiger partial charge in [-0.1, -0.05) is 13.8 Å². The van der Waals surface area contributed by atoms with Crippen molar-refractivity contribution in [3.8, 4) is 0 Å². The number of nitrogens with one attached hydrogen (secondary N) is 1. The molecule has 1 amide bonds. The van der Waals surface area contributed by atoms with Crippen LogP contribution < -0.4 is 5.32 Å². The van der Waals surface area contributed by atoms with Gasteiger partial charge in [0.15, 0.2) is 0 Å². The van der Waals surface area contributed by atoms with Crippen LogP contribution >= 0.6 is 0 Å². The van der Waals surface area contributed by atoms with Crippen LogP contribution in [0.4, 0.5) is 0 Å². The van der Waals surface area contributed by atoms with Gasteiger partial charge in [0.1, 0.15) is 0 Å². The number of ether oxygens (including phenoxy) is 1. The summed E-state index contributed by atoms with van der Waals surface area (Å²) in [5.41, 5.74) is 0.695. The van der Waals surface area contributed by atoms with Gasteiger partial charge in [0, 0.05) is 19.1 Å². The van der Waals surface area contributed by atoms with E-state index < -0.39 is 0 Å². The molecule has 4 aliphatic carbocycles. The van der Waals surface area contributed by atoms with Gasteiger partial charge >= 0.3 is 0 Å². The molecule has 4 saturated carbocycles. The molecule has 170 valence electrons.